The maximum atomic E-state index is 13.9. The zero-order chi connectivity index (χ0) is 61.2. The van der Waals surface area contributed by atoms with Gasteiger partial charge in [0.1, 0.15) is 0 Å². The molecule has 0 saturated heterocycles. The maximum Gasteiger partial charge on any atom is 0.416 e. The summed E-state index contributed by atoms with van der Waals surface area (Å²) in [5.74, 6) is 0. The first-order chi connectivity index (χ1) is 42.5. The first-order valence-electron chi connectivity index (χ1n) is 29.9. The summed E-state index contributed by atoms with van der Waals surface area (Å²) < 4.78 is 41.8. The van der Waals surface area contributed by atoms with Gasteiger partial charge in [0.25, 0.3) is 0 Å². The molecule has 0 aliphatic heterocycles. The molecule has 434 valence electrons. The van der Waals surface area contributed by atoms with Crippen LogP contribution in [0.25, 0.3) is 33.4 Å². The topological polar surface area (TPSA) is 13.0 Å². The van der Waals surface area contributed by atoms with Gasteiger partial charge in [-0.3, -0.25) is 0 Å². The van der Waals surface area contributed by atoms with E-state index in [1.807, 2.05) is 60.4 Å². The lowest BCUT2D eigenvalue weighted by atomic mass is 10.0. The Bertz CT molecular complexity index is 4400. The minimum absolute atomic E-state index is 0.428. The Kier molecular flexibility index (Phi) is 16.2. The molecule has 0 saturated carbocycles. The number of hydrogen-bond donors (Lipinski definition) is 0. The molecule has 0 bridgehead atoms. The summed E-state index contributed by atoms with van der Waals surface area (Å²) >= 11 is 0. The first kappa shape index (κ1) is 58.0. The van der Waals surface area contributed by atoms with Gasteiger partial charge in [0, 0.05) is 68.2 Å². The Labute approximate surface area is 516 Å². The number of halogens is 3. The van der Waals surface area contributed by atoms with Crippen LogP contribution in [0.15, 0.2) is 273 Å². The summed E-state index contributed by atoms with van der Waals surface area (Å²) in [5, 5.41) is 0. The van der Waals surface area contributed by atoms with E-state index in [1.165, 1.54) is 45.5 Å². The van der Waals surface area contributed by atoms with Crippen LogP contribution in [0.5, 0.6) is 0 Å². The second-order valence-corrected chi connectivity index (χ2v) is 23.2. The predicted molar refractivity (Wildman–Crippen MR) is 364 cm³/mol. The van der Waals surface area contributed by atoms with Gasteiger partial charge in [0.15, 0.2) is 0 Å². The van der Waals surface area contributed by atoms with Crippen LogP contribution >= 0.6 is 0 Å². The van der Waals surface area contributed by atoms with E-state index >= 15 is 0 Å². The van der Waals surface area contributed by atoms with Gasteiger partial charge in [-0.15, -0.1) is 0 Å². The monoisotopic (exact) mass is 1150 g/mol. The summed E-state index contributed by atoms with van der Waals surface area (Å²) in [6.45, 7) is 17.0. The summed E-state index contributed by atoms with van der Waals surface area (Å²) in [4.78, 5) is 8.86. The normalized spacial score (nSPS) is 11.4. The quantitative estimate of drug-likeness (QED) is 0.101. The van der Waals surface area contributed by atoms with Crippen molar-refractivity contribution < 1.29 is 13.2 Å². The highest BCUT2D eigenvalue weighted by Crippen LogP contribution is 2.44. The Balaban J connectivity index is 0.802. The zero-order valence-corrected chi connectivity index (χ0v) is 50.9. The van der Waals surface area contributed by atoms with Crippen LogP contribution in [0.4, 0.5) is 81.4 Å². The molecule has 12 aromatic carbocycles. The molecule has 4 nitrogen and oxygen atoms in total. The molecule has 0 spiro atoms. The number of nitrogens with zero attached hydrogens (tertiary/aromatic N) is 4. The predicted octanol–water partition coefficient (Wildman–Crippen LogP) is 24.1. The molecule has 12 rings (SSSR count). The molecular weight excluding hydrogens is 1090 g/mol. The summed E-state index contributed by atoms with van der Waals surface area (Å²) in [6, 6.07) is 93.9. The average Bonchev–Trinajstić information content (AvgIpc) is 2.13. The molecule has 0 aliphatic carbocycles. The molecule has 0 unspecified atom stereocenters. The van der Waals surface area contributed by atoms with E-state index in [4.69, 9.17) is 0 Å². The Morgan fingerprint density at radius 1 is 0.216 bits per heavy atom. The van der Waals surface area contributed by atoms with Crippen molar-refractivity contribution in [3.63, 3.8) is 0 Å². The van der Waals surface area contributed by atoms with Crippen molar-refractivity contribution in [1.82, 2.24) is 0 Å². The molecule has 0 aromatic heterocycles. The number of benzene rings is 12. The molecule has 0 aliphatic rings. The van der Waals surface area contributed by atoms with Crippen molar-refractivity contribution in [2.45, 2.75) is 61.6 Å². The second kappa shape index (κ2) is 24.5. The summed E-state index contributed by atoms with van der Waals surface area (Å²) in [6.07, 6.45) is -4.47. The molecule has 12 aromatic rings. The minimum Gasteiger partial charge on any atom is -0.310 e. The van der Waals surface area contributed by atoms with E-state index in [0.717, 1.165) is 113 Å². The lowest BCUT2D eigenvalue weighted by Crippen LogP contribution is -2.12. The third kappa shape index (κ3) is 12.4. The van der Waals surface area contributed by atoms with Gasteiger partial charge in [0.2, 0.25) is 0 Å². The minimum atomic E-state index is -4.47. The van der Waals surface area contributed by atoms with Crippen molar-refractivity contribution in [2.75, 3.05) is 19.6 Å². The van der Waals surface area contributed by atoms with Crippen LogP contribution in [-0.4, -0.2) is 0 Å². The lowest BCUT2D eigenvalue weighted by Gasteiger charge is -2.28. The number of aryl methyl sites for hydroxylation is 8. The standard InChI is InChI=1S/C81H69F3N4/c1-54-12-31-69(32-13-54)85(77-11-9-10-68(53-77)81(82,83)84)70-35-19-62(20-36-70)63-23-39-73(40-24-63)87(79-48-17-57(4)51-60(79)7)74-43-27-66(28-44-74)67-29-45-76(46-30-67)88(80-49-18-58(5)52-61(80)8)75-41-25-65(26-42-75)64-21-37-72(38-22-64)86(71-33-14-55(2)15-34-71)78-47-16-56(3)50-59(78)6/h9-53H,1-8H3. The lowest BCUT2D eigenvalue weighted by molar-refractivity contribution is -0.137. The van der Waals surface area contributed by atoms with Crippen LogP contribution in [0.1, 0.15) is 50.1 Å². The van der Waals surface area contributed by atoms with Crippen LogP contribution in [-0.2, 0) is 6.18 Å². The molecule has 0 atom stereocenters. The molecule has 88 heavy (non-hydrogen) atoms. The third-order valence-corrected chi connectivity index (χ3v) is 16.5. The molecular formula is C81H69F3N4. The largest absolute Gasteiger partial charge is 0.416 e. The Morgan fingerprint density at radius 3 is 0.682 bits per heavy atom. The second-order valence-electron chi connectivity index (χ2n) is 23.2. The number of anilines is 12. The number of hydrogen-bond acceptors (Lipinski definition) is 4. The van der Waals surface area contributed by atoms with Gasteiger partial charge >= 0.3 is 6.18 Å². The molecule has 0 amide bonds. The fraction of sp³-hybridized carbons (Fsp3) is 0.111. The maximum absolute atomic E-state index is 13.9. The van der Waals surface area contributed by atoms with Crippen molar-refractivity contribution >= 4 is 68.2 Å². The Hall–Kier alpha value is -10.4. The summed E-state index contributed by atoms with van der Waals surface area (Å²) in [7, 11) is 0. The van der Waals surface area contributed by atoms with Crippen molar-refractivity contribution in [2.24, 2.45) is 0 Å². The van der Waals surface area contributed by atoms with E-state index in [9.17, 15) is 13.2 Å². The molecule has 7 heteroatoms. The van der Waals surface area contributed by atoms with Gasteiger partial charge in [-0.1, -0.05) is 167 Å². The van der Waals surface area contributed by atoms with Gasteiger partial charge in [-0.05, 0) is 239 Å². The van der Waals surface area contributed by atoms with E-state index in [2.05, 4.69) is 263 Å². The smallest absolute Gasteiger partial charge is 0.310 e. The fourth-order valence-electron chi connectivity index (χ4n) is 11.9. The van der Waals surface area contributed by atoms with Crippen LogP contribution in [0, 0.1) is 55.4 Å². The highest BCUT2D eigenvalue weighted by molar-refractivity contribution is 5.86. The van der Waals surface area contributed by atoms with Gasteiger partial charge in [-0.2, -0.15) is 13.2 Å². The molecule has 0 fully saturated rings. The van der Waals surface area contributed by atoms with Crippen LogP contribution in [0.2, 0.25) is 0 Å². The van der Waals surface area contributed by atoms with Crippen LogP contribution < -0.4 is 19.6 Å². The average molecular weight is 1160 g/mol. The first-order valence-corrected chi connectivity index (χ1v) is 29.9. The highest BCUT2D eigenvalue weighted by atomic mass is 19.4. The third-order valence-electron chi connectivity index (χ3n) is 16.5. The van der Waals surface area contributed by atoms with Crippen molar-refractivity contribution in [3.05, 3.63) is 323 Å². The van der Waals surface area contributed by atoms with E-state index in [1.54, 1.807) is 6.07 Å². The molecule has 0 heterocycles. The van der Waals surface area contributed by atoms with Crippen molar-refractivity contribution in [3.8, 4) is 33.4 Å². The van der Waals surface area contributed by atoms with Gasteiger partial charge in [0.05, 0.1) is 5.56 Å². The molecule has 0 N–H and O–H groups in total. The van der Waals surface area contributed by atoms with E-state index < -0.39 is 11.7 Å². The van der Waals surface area contributed by atoms with Crippen LogP contribution in [0.3, 0.4) is 0 Å². The summed E-state index contributed by atoms with van der Waals surface area (Å²) in [5.41, 5.74) is 27.0. The van der Waals surface area contributed by atoms with E-state index in [-0.39, 0.29) is 0 Å². The fourth-order valence-corrected chi connectivity index (χ4v) is 11.9. The van der Waals surface area contributed by atoms with E-state index in [0.29, 0.717) is 5.69 Å². The van der Waals surface area contributed by atoms with Gasteiger partial charge in [-0.25, -0.2) is 0 Å². The molecule has 0 radical (unpaired) electrons. The SMILES string of the molecule is Cc1ccc(N(c2ccc(-c3ccc(N(c4ccc(-c5ccc(N(c6ccc(-c7ccc(N(c8ccc(C)cc8)c8ccc(C)cc8C)cc7)cc6)c6ccc(C)cc6C)cc5)cc4)c4ccc(C)cc4C)cc3)cc2)c2cccc(C(F)(F)F)c2)cc1. The Morgan fingerprint density at radius 2 is 0.443 bits per heavy atom. The van der Waals surface area contributed by atoms with Gasteiger partial charge < -0.3 is 19.6 Å². The van der Waals surface area contributed by atoms with Crippen molar-refractivity contribution in [1.29, 1.82) is 0 Å². The number of rotatable bonds is 15. The zero-order valence-electron chi connectivity index (χ0n) is 50.9. The highest BCUT2D eigenvalue weighted by Gasteiger charge is 2.31. The number of alkyl halides is 3.